The summed E-state index contributed by atoms with van der Waals surface area (Å²) in [5.74, 6) is 0.765. The van der Waals surface area contributed by atoms with Crippen LogP contribution in [0.25, 0.3) is 11.0 Å². The monoisotopic (exact) mass is 436 g/mol. The maximum absolute atomic E-state index is 12.4. The Morgan fingerprint density at radius 3 is 2.78 bits per heavy atom. The highest BCUT2D eigenvalue weighted by Gasteiger charge is 2.32. The zero-order valence-electron chi connectivity index (χ0n) is 18.1. The molecule has 1 fully saturated rings. The van der Waals surface area contributed by atoms with Crippen molar-refractivity contribution in [3.8, 4) is 0 Å². The smallest absolute Gasteiger partial charge is 0.412 e. The second-order valence-corrected chi connectivity index (χ2v) is 9.01. The lowest BCUT2D eigenvalue weighted by Gasteiger charge is -2.33. The van der Waals surface area contributed by atoms with Crippen LogP contribution < -0.4 is 10.5 Å². The topological polar surface area (TPSA) is 101 Å². The van der Waals surface area contributed by atoms with Gasteiger partial charge in [0, 0.05) is 29.9 Å². The molecule has 1 aromatic carbocycles. The van der Waals surface area contributed by atoms with Crippen LogP contribution in [0.3, 0.4) is 0 Å². The van der Waals surface area contributed by atoms with Crippen LogP contribution in [0.1, 0.15) is 56.5 Å². The molecule has 3 heterocycles. The molecule has 2 aromatic heterocycles. The number of pyridine rings is 1. The van der Waals surface area contributed by atoms with Crippen molar-refractivity contribution < 1.29 is 15.0 Å². The van der Waals surface area contributed by atoms with Crippen LogP contribution in [0.15, 0.2) is 41.3 Å². The molecule has 168 valence electrons. The first kappa shape index (κ1) is 20.8. The predicted molar refractivity (Wildman–Crippen MR) is 121 cm³/mol. The first-order valence-electron chi connectivity index (χ1n) is 11.3. The van der Waals surface area contributed by atoms with Gasteiger partial charge in [0.1, 0.15) is 5.82 Å². The number of carboxylic acid groups (broad SMARTS) is 1. The fraction of sp³-hybridized carbons (Fsp3) is 0.458. The van der Waals surface area contributed by atoms with Crippen LogP contribution in [0.2, 0.25) is 0 Å². The summed E-state index contributed by atoms with van der Waals surface area (Å²) >= 11 is 0. The van der Waals surface area contributed by atoms with Crippen LogP contribution in [0.4, 0.5) is 10.5 Å². The molecule has 8 nitrogen and oxygen atoms in total. The Balaban J connectivity index is 1.69. The molecule has 1 aliphatic carbocycles. The molecular weight excluding hydrogens is 408 g/mol. The molecule has 2 aliphatic rings. The molecule has 1 amide bonds. The van der Waals surface area contributed by atoms with E-state index in [4.69, 9.17) is 4.98 Å². The number of carbonyl (C=O) groups is 1. The van der Waals surface area contributed by atoms with E-state index in [1.165, 1.54) is 11.0 Å². The zero-order chi connectivity index (χ0) is 22.4. The number of aryl methyl sites for hydroxylation is 1. The van der Waals surface area contributed by atoms with Gasteiger partial charge in [0.2, 0.25) is 0 Å². The SMILES string of the molecule is CC1CCc2c(ccc3c2nc(Cn2ccccc2=O)n3[C@H]2CCC[C@@H](O)C2)N1C(=O)O. The summed E-state index contributed by atoms with van der Waals surface area (Å²) < 4.78 is 3.82. The van der Waals surface area contributed by atoms with E-state index >= 15 is 0 Å². The first-order valence-corrected chi connectivity index (χ1v) is 11.3. The number of nitrogens with zero attached hydrogens (tertiary/aromatic N) is 4. The molecule has 5 rings (SSSR count). The fourth-order valence-electron chi connectivity index (χ4n) is 5.37. The van der Waals surface area contributed by atoms with Crippen LogP contribution >= 0.6 is 0 Å². The molecule has 1 saturated carbocycles. The quantitative estimate of drug-likeness (QED) is 0.654. The molecule has 2 N–H and O–H groups in total. The van der Waals surface area contributed by atoms with Gasteiger partial charge in [-0.25, -0.2) is 9.78 Å². The summed E-state index contributed by atoms with van der Waals surface area (Å²) in [4.78, 5) is 30.7. The Bertz CT molecular complexity index is 1230. The number of aromatic nitrogens is 3. The number of aliphatic hydroxyl groups excluding tert-OH is 1. The Kier molecular flexibility index (Phi) is 5.25. The van der Waals surface area contributed by atoms with Gasteiger partial charge in [-0.1, -0.05) is 6.07 Å². The highest BCUT2D eigenvalue weighted by Crippen LogP contribution is 2.39. The molecule has 8 heteroatoms. The Morgan fingerprint density at radius 1 is 1.19 bits per heavy atom. The van der Waals surface area contributed by atoms with Gasteiger partial charge in [0.15, 0.2) is 0 Å². The molecule has 0 saturated heterocycles. The maximum Gasteiger partial charge on any atom is 0.412 e. The molecule has 3 atom stereocenters. The first-order chi connectivity index (χ1) is 15.4. The third-order valence-electron chi connectivity index (χ3n) is 6.93. The average Bonchev–Trinajstić information content (AvgIpc) is 3.13. The molecule has 1 unspecified atom stereocenters. The molecule has 32 heavy (non-hydrogen) atoms. The summed E-state index contributed by atoms with van der Waals surface area (Å²) in [6.07, 6.45) is 5.27. The molecule has 0 bridgehead atoms. The molecule has 1 aliphatic heterocycles. The number of rotatable bonds is 3. The summed E-state index contributed by atoms with van der Waals surface area (Å²) in [5.41, 5.74) is 3.30. The predicted octanol–water partition coefficient (Wildman–Crippen LogP) is 3.54. The van der Waals surface area contributed by atoms with Crippen molar-refractivity contribution in [2.75, 3.05) is 4.90 Å². The van der Waals surface area contributed by atoms with Crippen LogP contribution in [0, 0.1) is 0 Å². The Labute approximate surface area is 185 Å². The normalized spacial score (nSPS) is 23.3. The summed E-state index contributed by atoms with van der Waals surface area (Å²) in [7, 11) is 0. The average molecular weight is 437 g/mol. The van der Waals surface area contributed by atoms with E-state index in [0.717, 1.165) is 54.5 Å². The number of fused-ring (bicyclic) bond motifs is 3. The van der Waals surface area contributed by atoms with Crippen LogP contribution in [0.5, 0.6) is 0 Å². The van der Waals surface area contributed by atoms with E-state index in [-0.39, 0.29) is 23.7 Å². The minimum atomic E-state index is -0.955. The number of benzene rings is 1. The van der Waals surface area contributed by atoms with Gasteiger partial charge in [0.25, 0.3) is 5.56 Å². The Morgan fingerprint density at radius 2 is 2.03 bits per heavy atom. The van der Waals surface area contributed by atoms with E-state index < -0.39 is 6.09 Å². The third kappa shape index (κ3) is 3.48. The largest absolute Gasteiger partial charge is 0.465 e. The van der Waals surface area contributed by atoms with Crippen molar-refractivity contribution in [3.63, 3.8) is 0 Å². The van der Waals surface area contributed by atoms with Gasteiger partial charge in [-0.2, -0.15) is 0 Å². The van der Waals surface area contributed by atoms with Gasteiger partial charge < -0.3 is 19.3 Å². The minimum Gasteiger partial charge on any atom is -0.465 e. The highest BCUT2D eigenvalue weighted by molar-refractivity contribution is 5.94. The van der Waals surface area contributed by atoms with Gasteiger partial charge in [-0.15, -0.1) is 0 Å². The van der Waals surface area contributed by atoms with E-state index in [9.17, 15) is 19.8 Å². The summed E-state index contributed by atoms with van der Waals surface area (Å²) in [6, 6.07) is 8.92. The van der Waals surface area contributed by atoms with Gasteiger partial charge >= 0.3 is 6.09 Å². The van der Waals surface area contributed by atoms with E-state index in [0.29, 0.717) is 18.7 Å². The highest BCUT2D eigenvalue weighted by atomic mass is 16.4. The zero-order valence-corrected chi connectivity index (χ0v) is 18.1. The Hall–Kier alpha value is -3.13. The number of imidazole rings is 1. The van der Waals surface area contributed by atoms with E-state index in [1.54, 1.807) is 16.8 Å². The summed E-state index contributed by atoms with van der Waals surface area (Å²) in [5, 5.41) is 20.1. The standard InChI is InChI=1S/C24H28N4O4/c1-15-8-9-18-19(27(15)24(31)32)10-11-20-23(18)25-21(14-26-12-3-2-7-22(26)30)28(20)16-5-4-6-17(29)13-16/h2-3,7,10-12,15-17,29H,4-6,8-9,13-14H2,1H3,(H,31,32)/t15?,16-,17+/m0/s1. The maximum atomic E-state index is 12.4. The summed E-state index contributed by atoms with van der Waals surface area (Å²) in [6.45, 7) is 2.26. The van der Waals surface area contributed by atoms with E-state index in [2.05, 4.69) is 4.57 Å². The lowest BCUT2D eigenvalue weighted by Crippen LogP contribution is -2.41. The van der Waals surface area contributed by atoms with Crippen LogP contribution in [-0.4, -0.2) is 42.6 Å². The number of hydrogen-bond donors (Lipinski definition) is 2. The second-order valence-electron chi connectivity index (χ2n) is 9.01. The number of hydrogen-bond acceptors (Lipinski definition) is 4. The van der Waals surface area contributed by atoms with Crippen molar-refractivity contribution in [2.24, 2.45) is 0 Å². The molecule has 0 radical (unpaired) electrons. The third-order valence-corrected chi connectivity index (χ3v) is 6.93. The van der Waals surface area contributed by atoms with E-state index in [1.807, 2.05) is 25.1 Å². The second kappa shape index (κ2) is 8.09. The number of anilines is 1. The number of aliphatic hydroxyl groups is 1. The molecule has 3 aromatic rings. The lowest BCUT2D eigenvalue weighted by molar-refractivity contribution is 0.104. The van der Waals surface area contributed by atoms with Crippen molar-refractivity contribution in [3.05, 3.63) is 58.3 Å². The van der Waals surface area contributed by atoms with Crippen molar-refractivity contribution >= 4 is 22.8 Å². The fourth-order valence-corrected chi connectivity index (χ4v) is 5.37. The number of amides is 1. The van der Waals surface area contributed by atoms with Crippen molar-refractivity contribution in [1.29, 1.82) is 0 Å². The van der Waals surface area contributed by atoms with Gasteiger partial charge in [-0.05, 0) is 63.6 Å². The van der Waals surface area contributed by atoms with Gasteiger partial charge in [0.05, 0.1) is 29.4 Å². The van der Waals surface area contributed by atoms with Crippen molar-refractivity contribution in [2.45, 2.75) is 70.2 Å². The van der Waals surface area contributed by atoms with Crippen LogP contribution in [-0.2, 0) is 13.0 Å². The minimum absolute atomic E-state index is 0.0876. The van der Waals surface area contributed by atoms with Gasteiger partial charge in [-0.3, -0.25) is 9.69 Å². The lowest BCUT2D eigenvalue weighted by atomic mass is 9.92. The van der Waals surface area contributed by atoms with Crippen molar-refractivity contribution in [1.82, 2.24) is 14.1 Å². The molecular formula is C24H28N4O4. The molecule has 0 spiro atoms.